The predicted octanol–water partition coefficient (Wildman–Crippen LogP) is 3.83. The van der Waals surface area contributed by atoms with Crippen LogP contribution in [0, 0.1) is 6.92 Å². The first-order valence-electron chi connectivity index (χ1n) is 5.93. The fourth-order valence-corrected chi connectivity index (χ4v) is 2.39. The highest BCUT2D eigenvalue weighted by Gasteiger charge is 2.14. The molecule has 0 atom stereocenters. The molecule has 0 unspecified atom stereocenters. The fraction of sp³-hybridized carbons (Fsp3) is 0.571. The van der Waals surface area contributed by atoms with E-state index < -0.39 is 0 Å². The molecule has 1 rings (SSSR count). The minimum absolute atomic E-state index is 0.567. The van der Waals surface area contributed by atoms with E-state index in [-0.39, 0.29) is 0 Å². The molecule has 1 heteroatoms. The first kappa shape index (κ1) is 12.1. The van der Waals surface area contributed by atoms with Gasteiger partial charge in [-0.3, -0.25) is 0 Å². The summed E-state index contributed by atoms with van der Waals surface area (Å²) in [6.45, 7) is 11.0. The van der Waals surface area contributed by atoms with E-state index in [1.807, 2.05) is 0 Å². The van der Waals surface area contributed by atoms with Gasteiger partial charge in [-0.25, -0.2) is 0 Å². The van der Waals surface area contributed by atoms with E-state index >= 15 is 0 Å². The molecule has 0 aromatic heterocycles. The van der Waals surface area contributed by atoms with Crippen LogP contribution < -0.4 is 5.73 Å². The quantitative estimate of drug-likeness (QED) is 0.746. The van der Waals surface area contributed by atoms with Crippen LogP contribution in [-0.2, 0) is 12.8 Å². The van der Waals surface area contributed by atoms with Gasteiger partial charge in [0.25, 0.3) is 0 Å². The van der Waals surface area contributed by atoms with Crippen LogP contribution in [0.25, 0.3) is 0 Å². The van der Waals surface area contributed by atoms with E-state index in [0.29, 0.717) is 5.92 Å². The van der Waals surface area contributed by atoms with Gasteiger partial charge in [-0.05, 0) is 47.9 Å². The normalized spacial score (nSPS) is 11.1. The molecule has 84 valence electrons. The summed E-state index contributed by atoms with van der Waals surface area (Å²) in [6, 6.07) is 2.25. The molecule has 0 heterocycles. The van der Waals surface area contributed by atoms with Gasteiger partial charge in [0.2, 0.25) is 0 Å². The maximum absolute atomic E-state index is 6.16. The van der Waals surface area contributed by atoms with Gasteiger partial charge in [-0.15, -0.1) is 0 Å². The number of aryl methyl sites for hydroxylation is 2. The summed E-state index contributed by atoms with van der Waals surface area (Å²) in [7, 11) is 0. The van der Waals surface area contributed by atoms with Crippen LogP contribution in [0.2, 0.25) is 0 Å². The van der Waals surface area contributed by atoms with E-state index in [9.17, 15) is 0 Å². The van der Waals surface area contributed by atoms with Gasteiger partial charge in [-0.2, -0.15) is 0 Å². The average molecular weight is 205 g/mol. The smallest absolute Gasteiger partial charge is 0.0379 e. The lowest BCUT2D eigenvalue weighted by molar-refractivity contribution is 0.822. The molecule has 1 aromatic carbocycles. The van der Waals surface area contributed by atoms with Gasteiger partial charge in [-0.1, -0.05) is 33.8 Å². The minimum Gasteiger partial charge on any atom is -0.398 e. The predicted molar refractivity (Wildman–Crippen MR) is 68.4 cm³/mol. The molecule has 1 nitrogen and oxygen atoms in total. The molecule has 1 aromatic rings. The topological polar surface area (TPSA) is 26.0 Å². The van der Waals surface area contributed by atoms with Crippen LogP contribution in [0.4, 0.5) is 5.69 Å². The molecule has 0 radical (unpaired) electrons. The molecular formula is C14H23N. The van der Waals surface area contributed by atoms with Crippen molar-refractivity contribution in [3.63, 3.8) is 0 Å². The van der Waals surface area contributed by atoms with E-state index in [1.165, 1.54) is 22.3 Å². The van der Waals surface area contributed by atoms with Gasteiger partial charge in [0, 0.05) is 5.69 Å². The van der Waals surface area contributed by atoms with Gasteiger partial charge in [0.05, 0.1) is 0 Å². The standard InChI is InChI=1S/C14H23N/c1-6-11-8-10(5)14(15)12(7-2)13(11)9(3)4/h8-9H,6-7,15H2,1-5H3. The Morgan fingerprint density at radius 2 is 1.80 bits per heavy atom. The second kappa shape index (κ2) is 4.69. The van der Waals surface area contributed by atoms with Crippen molar-refractivity contribution in [1.29, 1.82) is 0 Å². The molecule has 15 heavy (non-hydrogen) atoms. The first-order valence-corrected chi connectivity index (χ1v) is 5.93. The second-order valence-corrected chi connectivity index (χ2v) is 4.52. The van der Waals surface area contributed by atoms with Gasteiger partial charge in [0.15, 0.2) is 0 Å². The number of hydrogen-bond donors (Lipinski definition) is 1. The molecule has 0 spiro atoms. The summed E-state index contributed by atoms with van der Waals surface area (Å²) < 4.78 is 0. The zero-order valence-corrected chi connectivity index (χ0v) is 10.6. The summed E-state index contributed by atoms with van der Waals surface area (Å²) >= 11 is 0. The van der Waals surface area contributed by atoms with E-state index in [4.69, 9.17) is 5.73 Å². The third kappa shape index (κ3) is 2.17. The zero-order chi connectivity index (χ0) is 11.6. The van der Waals surface area contributed by atoms with Crippen LogP contribution in [0.3, 0.4) is 0 Å². The molecule has 0 aliphatic carbocycles. The first-order chi connectivity index (χ1) is 7.02. The zero-order valence-electron chi connectivity index (χ0n) is 10.6. The van der Waals surface area contributed by atoms with Gasteiger partial charge in [0.1, 0.15) is 0 Å². The Bertz CT molecular complexity index is 351. The Hall–Kier alpha value is -0.980. The Morgan fingerprint density at radius 1 is 1.20 bits per heavy atom. The monoisotopic (exact) mass is 205 g/mol. The molecular weight excluding hydrogens is 182 g/mol. The highest BCUT2D eigenvalue weighted by molar-refractivity contribution is 5.60. The van der Waals surface area contributed by atoms with Crippen molar-refractivity contribution in [2.75, 3.05) is 5.73 Å². The maximum Gasteiger partial charge on any atom is 0.0379 e. The third-order valence-corrected chi connectivity index (χ3v) is 3.12. The Morgan fingerprint density at radius 3 is 2.20 bits per heavy atom. The molecule has 0 aliphatic rings. The Labute approximate surface area is 93.7 Å². The summed E-state index contributed by atoms with van der Waals surface area (Å²) in [4.78, 5) is 0. The van der Waals surface area contributed by atoms with Crippen molar-refractivity contribution in [2.24, 2.45) is 0 Å². The summed E-state index contributed by atoms with van der Waals surface area (Å²) in [5.41, 5.74) is 12.7. The van der Waals surface area contributed by atoms with Crippen molar-refractivity contribution in [2.45, 2.75) is 53.4 Å². The number of benzene rings is 1. The Balaban J connectivity index is 3.49. The largest absolute Gasteiger partial charge is 0.398 e. The second-order valence-electron chi connectivity index (χ2n) is 4.52. The molecule has 0 saturated carbocycles. The lowest BCUT2D eigenvalue weighted by atomic mass is 9.87. The average Bonchev–Trinajstić information content (AvgIpc) is 2.20. The highest BCUT2D eigenvalue weighted by atomic mass is 14.6. The van der Waals surface area contributed by atoms with E-state index in [2.05, 4.69) is 40.7 Å². The number of nitrogen functional groups attached to an aromatic ring is 1. The fourth-order valence-electron chi connectivity index (χ4n) is 2.39. The van der Waals surface area contributed by atoms with Crippen LogP contribution >= 0.6 is 0 Å². The lowest BCUT2D eigenvalue weighted by Gasteiger charge is -2.20. The SMILES string of the molecule is CCc1cc(C)c(N)c(CC)c1C(C)C. The summed E-state index contributed by atoms with van der Waals surface area (Å²) in [5, 5.41) is 0. The highest BCUT2D eigenvalue weighted by Crippen LogP contribution is 2.31. The molecule has 0 saturated heterocycles. The maximum atomic E-state index is 6.16. The van der Waals surface area contributed by atoms with Crippen LogP contribution in [0.15, 0.2) is 6.07 Å². The molecule has 2 N–H and O–H groups in total. The summed E-state index contributed by atoms with van der Waals surface area (Å²) in [5.74, 6) is 0.567. The van der Waals surface area contributed by atoms with Crippen LogP contribution in [0.5, 0.6) is 0 Å². The van der Waals surface area contributed by atoms with E-state index in [1.54, 1.807) is 0 Å². The Kier molecular flexibility index (Phi) is 3.78. The van der Waals surface area contributed by atoms with Crippen molar-refractivity contribution in [3.05, 3.63) is 28.3 Å². The number of hydrogen-bond acceptors (Lipinski definition) is 1. The number of nitrogens with two attached hydrogens (primary N) is 1. The lowest BCUT2D eigenvalue weighted by Crippen LogP contribution is -2.07. The molecule has 0 amide bonds. The van der Waals surface area contributed by atoms with Crippen molar-refractivity contribution in [1.82, 2.24) is 0 Å². The summed E-state index contributed by atoms with van der Waals surface area (Å²) in [6.07, 6.45) is 2.13. The molecule has 0 bridgehead atoms. The minimum atomic E-state index is 0.567. The van der Waals surface area contributed by atoms with Gasteiger partial charge < -0.3 is 5.73 Å². The number of rotatable bonds is 3. The van der Waals surface area contributed by atoms with Crippen LogP contribution in [-0.4, -0.2) is 0 Å². The third-order valence-electron chi connectivity index (χ3n) is 3.12. The van der Waals surface area contributed by atoms with Crippen molar-refractivity contribution >= 4 is 5.69 Å². The van der Waals surface area contributed by atoms with Crippen LogP contribution in [0.1, 0.15) is 55.9 Å². The molecule has 0 aliphatic heterocycles. The molecule has 0 fully saturated rings. The van der Waals surface area contributed by atoms with E-state index in [0.717, 1.165) is 18.5 Å². The van der Waals surface area contributed by atoms with Gasteiger partial charge >= 0.3 is 0 Å². The van der Waals surface area contributed by atoms with Crippen molar-refractivity contribution < 1.29 is 0 Å². The van der Waals surface area contributed by atoms with Crippen molar-refractivity contribution in [3.8, 4) is 0 Å². The number of anilines is 1.